The summed E-state index contributed by atoms with van der Waals surface area (Å²) in [6.07, 6.45) is 13.6. The third-order valence-electron chi connectivity index (χ3n) is 4.85. The van der Waals surface area contributed by atoms with Gasteiger partial charge in [-0.25, -0.2) is 0 Å². The van der Waals surface area contributed by atoms with Gasteiger partial charge < -0.3 is 14.8 Å². The van der Waals surface area contributed by atoms with Crippen molar-refractivity contribution in [2.75, 3.05) is 40.0 Å². The molecular formula is C18H37NO2. The number of hydrogen-bond donors (Lipinski definition) is 1. The van der Waals surface area contributed by atoms with Crippen molar-refractivity contribution in [2.24, 2.45) is 5.41 Å². The molecular weight excluding hydrogens is 262 g/mol. The monoisotopic (exact) mass is 299 g/mol. The number of ether oxygens (including phenoxy) is 2. The van der Waals surface area contributed by atoms with Crippen molar-refractivity contribution in [3.05, 3.63) is 0 Å². The lowest BCUT2D eigenvalue weighted by atomic mass is 9.75. The Balaban J connectivity index is 2.16. The molecule has 0 spiro atoms. The van der Waals surface area contributed by atoms with Gasteiger partial charge in [0.25, 0.3) is 0 Å². The van der Waals surface area contributed by atoms with Crippen LogP contribution in [0.5, 0.6) is 0 Å². The van der Waals surface area contributed by atoms with Crippen LogP contribution in [0.2, 0.25) is 0 Å². The molecule has 0 aromatic rings. The fourth-order valence-electron chi connectivity index (χ4n) is 3.30. The molecule has 0 atom stereocenters. The Bertz CT molecular complexity index is 227. The quantitative estimate of drug-likeness (QED) is 0.518. The molecule has 1 heterocycles. The Kier molecular flexibility index (Phi) is 11.2. The van der Waals surface area contributed by atoms with E-state index >= 15 is 0 Å². The maximum Gasteiger partial charge on any atom is 0.0587 e. The molecule has 0 aliphatic carbocycles. The predicted molar refractivity (Wildman–Crippen MR) is 89.8 cm³/mol. The van der Waals surface area contributed by atoms with Crippen molar-refractivity contribution < 1.29 is 9.47 Å². The summed E-state index contributed by atoms with van der Waals surface area (Å²) in [6, 6.07) is 0. The first-order valence-corrected chi connectivity index (χ1v) is 9.10. The third kappa shape index (κ3) is 8.80. The number of unbranched alkanes of at least 4 members (excludes halogenated alkanes) is 6. The van der Waals surface area contributed by atoms with Gasteiger partial charge in [0, 0.05) is 33.4 Å². The van der Waals surface area contributed by atoms with Crippen molar-refractivity contribution in [3.63, 3.8) is 0 Å². The van der Waals surface area contributed by atoms with Crippen LogP contribution in [0.1, 0.15) is 71.1 Å². The lowest BCUT2D eigenvalue weighted by Gasteiger charge is -2.37. The van der Waals surface area contributed by atoms with E-state index in [1.165, 1.54) is 64.2 Å². The molecule has 1 aliphatic heterocycles. The van der Waals surface area contributed by atoms with Crippen LogP contribution < -0.4 is 5.32 Å². The first-order valence-electron chi connectivity index (χ1n) is 9.10. The number of rotatable bonds is 13. The summed E-state index contributed by atoms with van der Waals surface area (Å²) in [4.78, 5) is 0. The topological polar surface area (TPSA) is 30.5 Å². The second kappa shape index (κ2) is 12.4. The van der Waals surface area contributed by atoms with Crippen LogP contribution in [-0.2, 0) is 9.47 Å². The van der Waals surface area contributed by atoms with Gasteiger partial charge in [-0.15, -0.1) is 0 Å². The van der Waals surface area contributed by atoms with Crippen molar-refractivity contribution in [2.45, 2.75) is 71.1 Å². The predicted octanol–water partition coefficient (Wildman–Crippen LogP) is 4.16. The highest BCUT2D eigenvalue weighted by atomic mass is 16.5. The Labute approximate surface area is 132 Å². The van der Waals surface area contributed by atoms with Gasteiger partial charge in [0.2, 0.25) is 0 Å². The Morgan fingerprint density at radius 1 is 1.00 bits per heavy atom. The molecule has 0 unspecified atom stereocenters. The van der Waals surface area contributed by atoms with Gasteiger partial charge in [0.1, 0.15) is 0 Å². The van der Waals surface area contributed by atoms with Crippen molar-refractivity contribution >= 4 is 0 Å². The zero-order chi connectivity index (χ0) is 15.2. The van der Waals surface area contributed by atoms with Gasteiger partial charge in [-0.1, -0.05) is 51.9 Å². The van der Waals surface area contributed by atoms with Crippen LogP contribution in [-0.4, -0.2) is 40.0 Å². The van der Waals surface area contributed by atoms with Gasteiger partial charge >= 0.3 is 0 Å². The smallest absolute Gasteiger partial charge is 0.0587 e. The van der Waals surface area contributed by atoms with Crippen molar-refractivity contribution in [1.29, 1.82) is 0 Å². The van der Waals surface area contributed by atoms with Gasteiger partial charge in [-0.3, -0.25) is 0 Å². The summed E-state index contributed by atoms with van der Waals surface area (Å²) < 4.78 is 10.7. The first kappa shape index (κ1) is 18.9. The summed E-state index contributed by atoms with van der Waals surface area (Å²) in [5, 5.41) is 3.59. The number of methoxy groups -OCH3 is 1. The highest BCUT2D eigenvalue weighted by Crippen LogP contribution is 2.35. The first-order chi connectivity index (χ1) is 10.3. The van der Waals surface area contributed by atoms with Gasteiger partial charge in [-0.2, -0.15) is 0 Å². The second-order valence-corrected chi connectivity index (χ2v) is 6.65. The molecule has 0 bridgehead atoms. The van der Waals surface area contributed by atoms with E-state index in [1.54, 1.807) is 7.11 Å². The summed E-state index contributed by atoms with van der Waals surface area (Å²) >= 11 is 0. The highest BCUT2D eigenvalue weighted by molar-refractivity contribution is 4.84. The summed E-state index contributed by atoms with van der Waals surface area (Å²) in [5.41, 5.74) is 0.482. The van der Waals surface area contributed by atoms with Gasteiger partial charge in [-0.05, 0) is 24.7 Å². The third-order valence-corrected chi connectivity index (χ3v) is 4.85. The van der Waals surface area contributed by atoms with Crippen LogP contribution >= 0.6 is 0 Å². The average Bonchev–Trinajstić information content (AvgIpc) is 2.52. The van der Waals surface area contributed by atoms with E-state index in [9.17, 15) is 0 Å². The molecule has 0 aromatic heterocycles. The fourth-order valence-corrected chi connectivity index (χ4v) is 3.30. The lowest BCUT2D eigenvalue weighted by Crippen LogP contribution is -2.40. The largest absolute Gasteiger partial charge is 0.383 e. The molecule has 0 aromatic carbocycles. The van der Waals surface area contributed by atoms with E-state index in [2.05, 4.69) is 12.2 Å². The summed E-state index contributed by atoms with van der Waals surface area (Å²) in [7, 11) is 1.77. The van der Waals surface area contributed by atoms with E-state index in [4.69, 9.17) is 9.47 Å². The Morgan fingerprint density at radius 3 is 2.33 bits per heavy atom. The molecule has 1 N–H and O–H groups in total. The van der Waals surface area contributed by atoms with E-state index in [1.807, 2.05) is 0 Å². The molecule has 3 heteroatoms. The van der Waals surface area contributed by atoms with Crippen molar-refractivity contribution in [1.82, 2.24) is 5.32 Å². The van der Waals surface area contributed by atoms with E-state index < -0.39 is 0 Å². The standard InChI is InChI=1S/C18H37NO2/c1-3-4-5-6-7-8-9-10-18(11-14-21-15-12-18)17-19-13-16-20-2/h19H,3-17H2,1-2H3. The van der Waals surface area contributed by atoms with Gasteiger partial charge in [0.15, 0.2) is 0 Å². The molecule has 0 saturated carbocycles. The Hall–Kier alpha value is -0.120. The SMILES string of the molecule is CCCCCCCCCC1(CNCCOC)CCOCC1. The number of nitrogens with one attached hydrogen (secondary N) is 1. The Morgan fingerprint density at radius 2 is 1.67 bits per heavy atom. The van der Waals surface area contributed by atoms with Crippen LogP contribution in [0.4, 0.5) is 0 Å². The minimum Gasteiger partial charge on any atom is -0.383 e. The lowest BCUT2D eigenvalue weighted by molar-refractivity contribution is 0.00854. The molecule has 1 saturated heterocycles. The van der Waals surface area contributed by atoms with Crippen LogP contribution in [0.25, 0.3) is 0 Å². The molecule has 0 amide bonds. The minimum absolute atomic E-state index is 0.482. The molecule has 21 heavy (non-hydrogen) atoms. The minimum atomic E-state index is 0.482. The average molecular weight is 299 g/mol. The van der Waals surface area contributed by atoms with E-state index in [-0.39, 0.29) is 0 Å². The normalized spacial score (nSPS) is 18.0. The molecule has 3 nitrogen and oxygen atoms in total. The summed E-state index contributed by atoms with van der Waals surface area (Å²) in [5.74, 6) is 0. The maximum absolute atomic E-state index is 5.57. The highest BCUT2D eigenvalue weighted by Gasteiger charge is 2.31. The summed E-state index contributed by atoms with van der Waals surface area (Å²) in [6.45, 7) is 7.09. The molecule has 1 aliphatic rings. The molecule has 0 radical (unpaired) electrons. The molecule has 1 rings (SSSR count). The second-order valence-electron chi connectivity index (χ2n) is 6.65. The molecule has 126 valence electrons. The fraction of sp³-hybridized carbons (Fsp3) is 1.00. The van der Waals surface area contributed by atoms with E-state index in [0.717, 1.165) is 32.9 Å². The van der Waals surface area contributed by atoms with Crippen LogP contribution in [0, 0.1) is 5.41 Å². The zero-order valence-corrected chi connectivity index (χ0v) is 14.4. The van der Waals surface area contributed by atoms with E-state index in [0.29, 0.717) is 5.41 Å². The van der Waals surface area contributed by atoms with Gasteiger partial charge in [0.05, 0.1) is 6.61 Å². The number of hydrogen-bond acceptors (Lipinski definition) is 3. The zero-order valence-electron chi connectivity index (χ0n) is 14.4. The maximum atomic E-state index is 5.57. The van der Waals surface area contributed by atoms with Crippen molar-refractivity contribution in [3.8, 4) is 0 Å². The van der Waals surface area contributed by atoms with Crippen LogP contribution in [0.3, 0.4) is 0 Å². The molecule has 1 fully saturated rings. The van der Waals surface area contributed by atoms with Crippen LogP contribution in [0.15, 0.2) is 0 Å².